The van der Waals surface area contributed by atoms with Crippen LogP contribution in [0, 0.1) is 26.2 Å². The average molecular weight is 398 g/mol. The largest absolute Gasteiger partial charge is 0.318 e. The maximum absolute atomic E-state index is 12.4. The van der Waals surface area contributed by atoms with E-state index < -0.39 is 5.91 Å². The number of amides is 1. The van der Waals surface area contributed by atoms with Gasteiger partial charge in [0, 0.05) is 22.1 Å². The lowest BCUT2D eigenvalue weighted by atomic mass is 10.1. The number of benzene rings is 1. The van der Waals surface area contributed by atoms with Gasteiger partial charge in [-0.15, -0.1) is 0 Å². The maximum atomic E-state index is 12.4. The molecule has 1 N–H and O–H groups in total. The zero-order valence-corrected chi connectivity index (χ0v) is 16.5. The van der Waals surface area contributed by atoms with Crippen LogP contribution in [0.2, 0.25) is 5.02 Å². The SMILES string of the molecule is Cc1ccc(-n2c(C)cc(/C=C3/C(=N)N4N=CSC4=NC3=O)c2C)cc1Cl. The smallest absolute Gasteiger partial charge is 0.283 e. The molecule has 0 radical (unpaired) electrons. The molecule has 0 bridgehead atoms. The Morgan fingerprint density at radius 3 is 2.74 bits per heavy atom. The zero-order valence-electron chi connectivity index (χ0n) is 14.9. The van der Waals surface area contributed by atoms with Gasteiger partial charge in [-0.25, -0.2) is 0 Å². The number of aromatic nitrogens is 1. The fourth-order valence-electron chi connectivity index (χ4n) is 3.14. The van der Waals surface area contributed by atoms with Crippen molar-refractivity contribution < 1.29 is 4.79 Å². The number of aryl methyl sites for hydroxylation is 2. The first-order chi connectivity index (χ1) is 12.9. The summed E-state index contributed by atoms with van der Waals surface area (Å²) in [6.45, 7) is 5.93. The van der Waals surface area contributed by atoms with E-state index in [1.807, 2.05) is 45.0 Å². The molecule has 1 aromatic heterocycles. The fraction of sp³-hybridized carbons (Fsp3) is 0.158. The topological polar surface area (TPSA) is 73.8 Å². The van der Waals surface area contributed by atoms with Crippen molar-refractivity contribution in [3.8, 4) is 5.69 Å². The van der Waals surface area contributed by atoms with Gasteiger partial charge in [-0.2, -0.15) is 15.1 Å². The molecule has 1 amide bonds. The van der Waals surface area contributed by atoms with Crippen LogP contribution in [-0.4, -0.2) is 32.0 Å². The molecular formula is C19H16ClN5OS. The van der Waals surface area contributed by atoms with Crippen LogP contribution >= 0.6 is 23.4 Å². The van der Waals surface area contributed by atoms with E-state index >= 15 is 0 Å². The third-order valence-electron chi connectivity index (χ3n) is 4.58. The van der Waals surface area contributed by atoms with E-state index in [9.17, 15) is 4.79 Å². The quantitative estimate of drug-likeness (QED) is 0.767. The zero-order chi connectivity index (χ0) is 19.3. The van der Waals surface area contributed by atoms with Crippen molar-refractivity contribution in [1.82, 2.24) is 9.58 Å². The van der Waals surface area contributed by atoms with E-state index in [-0.39, 0.29) is 11.4 Å². The standard InChI is InChI=1S/C19H16ClN5OS/c1-10-4-5-14(8-16(10)20)24-11(2)6-13(12(24)3)7-15-17(21)25-19(23-18(15)26)27-9-22-25/h4-9,21H,1-3H3/b15-7-,21-17?. The first-order valence-electron chi connectivity index (χ1n) is 8.25. The van der Waals surface area contributed by atoms with Gasteiger partial charge < -0.3 is 4.57 Å². The Balaban J connectivity index is 1.79. The van der Waals surface area contributed by atoms with Crippen LogP contribution in [0.3, 0.4) is 0 Å². The van der Waals surface area contributed by atoms with Gasteiger partial charge in [0.25, 0.3) is 5.91 Å². The van der Waals surface area contributed by atoms with E-state index in [1.54, 1.807) is 11.6 Å². The molecule has 0 spiro atoms. The van der Waals surface area contributed by atoms with Crippen LogP contribution in [0.1, 0.15) is 22.5 Å². The minimum Gasteiger partial charge on any atom is -0.318 e. The first-order valence-corrected chi connectivity index (χ1v) is 9.51. The van der Waals surface area contributed by atoms with E-state index in [0.29, 0.717) is 10.2 Å². The number of hydrogen-bond acceptors (Lipinski definition) is 4. The average Bonchev–Trinajstić information content (AvgIpc) is 3.19. The Morgan fingerprint density at radius 2 is 2.00 bits per heavy atom. The van der Waals surface area contributed by atoms with Crippen LogP contribution in [0.4, 0.5) is 0 Å². The number of aliphatic imine (C=N–C) groups is 1. The summed E-state index contributed by atoms with van der Waals surface area (Å²) in [6, 6.07) is 7.90. The van der Waals surface area contributed by atoms with Crippen molar-refractivity contribution in [2.45, 2.75) is 20.8 Å². The third kappa shape index (κ3) is 2.93. The Labute approximate surface area is 165 Å². The van der Waals surface area contributed by atoms with E-state index in [1.165, 1.54) is 16.8 Å². The molecule has 0 atom stereocenters. The Bertz CT molecular complexity index is 1100. The van der Waals surface area contributed by atoms with Gasteiger partial charge in [0.05, 0.1) is 11.1 Å². The van der Waals surface area contributed by atoms with Gasteiger partial charge in [0.15, 0.2) is 11.0 Å². The number of fused-ring (bicyclic) bond motifs is 1. The second-order valence-electron chi connectivity index (χ2n) is 6.35. The number of amidine groups is 2. The molecule has 27 heavy (non-hydrogen) atoms. The van der Waals surface area contributed by atoms with Gasteiger partial charge in [0.2, 0.25) is 0 Å². The predicted molar refractivity (Wildman–Crippen MR) is 111 cm³/mol. The molecule has 2 aromatic rings. The molecule has 0 saturated carbocycles. The number of nitrogens with one attached hydrogen (secondary N) is 1. The van der Waals surface area contributed by atoms with E-state index in [4.69, 9.17) is 17.0 Å². The van der Waals surface area contributed by atoms with Crippen molar-refractivity contribution in [3.05, 3.63) is 57.4 Å². The summed E-state index contributed by atoms with van der Waals surface area (Å²) in [5.41, 5.74) is 6.58. The van der Waals surface area contributed by atoms with Gasteiger partial charge in [-0.05, 0) is 67.9 Å². The monoisotopic (exact) mass is 397 g/mol. The van der Waals surface area contributed by atoms with Crippen molar-refractivity contribution in [3.63, 3.8) is 0 Å². The van der Waals surface area contributed by atoms with Gasteiger partial charge in [-0.3, -0.25) is 10.2 Å². The molecule has 1 aromatic carbocycles. The molecule has 8 heteroatoms. The van der Waals surface area contributed by atoms with Crippen LogP contribution in [0.25, 0.3) is 11.8 Å². The Hall–Kier alpha value is -2.64. The normalized spacial score (nSPS) is 17.7. The van der Waals surface area contributed by atoms with Gasteiger partial charge in [0.1, 0.15) is 0 Å². The molecular weight excluding hydrogens is 382 g/mol. The molecule has 2 aliphatic heterocycles. The summed E-state index contributed by atoms with van der Waals surface area (Å²) in [7, 11) is 0. The number of carbonyl (C=O) groups is 1. The van der Waals surface area contributed by atoms with E-state index in [0.717, 1.165) is 28.2 Å². The van der Waals surface area contributed by atoms with Crippen molar-refractivity contribution in [2.24, 2.45) is 10.1 Å². The number of rotatable bonds is 2. The number of thioether (sulfide) groups is 1. The lowest BCUT2D eigenvalue weighted by molar-refractivity contribution is -0.114. The Kier molecular flexibility index (Phi) is 4.28. The highest BCUT2D eigenvalue weighted by Gasteiger charge is 2.32. The van der Waals surface area contributed by atoms with Crippen molar-refractivity contribution >= 4 is 51.9 Å². The Morgan fingerprint density at radius 1 is 1.22 bits per heavy atom. The molecule has 0 unspecified atom stereocenters. The maximum Gasteiger partial charge on any atom is 0.283 e. The second kappa shape index (κ2) is 6.51. The highest BCUT2D eigenvalue weighted by atomic mass is 35.5. The highest BCUT2D eigenvalue weighted by Crippen LogP contribution is 2.28. The van der Waals surface area contributed by atoms with E-state index in [2.05, 4.69) is 14.7 Å². The molecule has 0 fully saturated rings. The van der Waals surface area contributed by atoms with Crippen LogP contribution in [-0.2, 0) is 4.79 Å². The van der Waals surface area contributed by atoms with Crippen LogP contribution < -0.4 is 0 Å². The third-order valence-corrected chi connectivity index (χ3v) is 5.66. The number of carbonyl (C=O) groups excluding carboxylic acids is 1. The number of hydrazone groups is 1. The summed E-state index contributed by atoms with van der Waals surface area (Å²) in [5, 5.41) is 14.9. The second-order valence-corrected chi connectivity index (χ2v) is 7.57. The first kappa shape index (κ1) is 17.8. The summed E-state index contributed by atoms with van der Waals surface area (Å²) in [4.78, 5) is 16.4. The van der Waals surface area contributed by atoms with Gasteiger partial charge >= 0.3 is 0 Å². The molecule has 136 valence electrons. The fourth-order valence-corrected chi connectivity index (χ4v) is 3.93. The van der Waals surface area contributed by atoms with Gasteiger partial charge in [-0.1, -0.05) is 17.7 Å². The minimum absolute atomic E-state index is 0.0365. The number of hydrogen-bond donors (Lipinski definition) is 1. The predicted octanol–water partition coefficient (Wildman–Crippen LogP) is 4.30. The lowest BCUT2D eigenvalue weighted by Crippen LogP contribution is -2.35. The number of nitrogens with zero attached hydrogens (tertiary/aromatic N) is 4. The number of halogens is 1. The van der Waals surface area contributed by atoms with Crippen LogP contribution in [0.15, 0.2) is 39.9 Å². The van der Waals surface area contributed by atoms with Crippen LogP contribution in [0.5, 0.6) is 0 Å². The highest BCUT2D eigenvalue weighted by molar-refractivity contribution is 8.25. The lowest BCUT2D eigenvalue weighted by Gasteiger charge is -2.20. The molecule has 0 aliphatic carbocycles. The molecule has 6 nitrogen and oxygen atoms in total. The molecule has 3 heterocycles. The van der Waals surface area contributed by atoms with Crippen molar-refractivity contribution in [1.29, 1.82) is 5.41 Å². The molecule has 4 rings (SSSR count). The molecule has 2 aliphatic rings. The summed E-state index contributed by atoms with van der Waals surface area (Å²) < 4.78 is 2.08. The summed E-state index contributed by atoms with van der Waals surface area (Å²) in [5.74, 6) is -0.387. The summed E-state index contributed by atoms with van der Waals surface area (Å²) in [6.07, 6.45) is 1.71. The minimum atomic E-state index is -0.424. The molecule has 0 saturated heterocycles. The van der Waals surface area contributed by atoms with Crippen molar-refractivity contribution in [2.75, 3.05) is 0 Å². The summed E-state index contributed by atoms with van der Waals surface area (Å²) >= 11 is 7.52.